The van der Waals surface area contributed by atoms with E-state index in [2.05, 4.69) is 25.7 Å². The number of anilines is 3. The van der Waals surface area contributed by atoms with E-state index in [9.17, 15) is 9.59 Å². The van der Waals surface area contributed by atoms with Crippen LogP contribution in [0.5, 0.6) is 0 Å². The summed E-state index contributed by atoms with van der Waals surface area (Å²) in [6, 6.07) is 9.45. The normalized spacial score (nSPS) is 19.4. The van der Waals surface area contributed by atoms with Crippen molar-refractivity contribution >= 4 is 40.3 Å². The van der Waals surface area contributed by atoms with Crippen LogP contribution in [-0.2, 0) is 10.3 Å². The summed E-state index contributed by atoms with van der Waals surface area (Å²) in [5, 5.41) is 4.15. The average molecular weight is 460 g/mol. The molecular weight excluding hydrogens is 430 g/mol. The molecule has 1 aromatic carbocycles. The molecule has 1 aliphatic carbocycles. The van der Waals surface area contributed by atoms with Gasteiger partial charge in [0.15, 0.2) is 0 Å². The van der Waals surface area contributed by atoms with Crippen LogP contribution in [0.1, 0.15) is 61.7 Å². The Labute approximate surface area is 197 Å². The predicted octanol–water partition coefficient (Wildman–Crippen LogP) is 3.92. The van der Waals surface area contributed by atoms with E-state index in [1.54, 1.807) is 6.20 Å². The number of fused-ring (bicyclic) bond motifs is 4. The fraction of sp³-hybridized carbons (Fsp3) is 0.440. The quantitative estimate of drug-likeness (QED) is 0.549. The van der Waals surface area contributed by atoms with Crippen molar-refractivity contribution < 1.29 is 9.59 Å². The van der Waals surface area contributed by atoms with Crippen LogP contribution in [0, 0.1) is 0 Å². The molecule has 0 bridgehead atoms. The lowest BCUT2D eigenvalue weighted by molar-refractivity contribution is -0.131. The zero-order valence-corrected chi connectivity index (χ0v) is 19.1. The van der Waals surface area contributed by atoms with E-state index in [1.165, 1.54) is 6.42 Å². The van der Waals surface area contributed by atoms with E-state index in [0.717, 1.165) is 80.6 Å². The number of hydrogen-bond acceptors (Lipinski definition) is 6. The lowest BCUT2D eigenvalue weighted by Crippen LogP contribution is -2.55. The Bertz CT molecular complexity index is 1240. The molecule has 6 rings (SSSR count). The van der Waals surface area contributed by atoms with Crippen LogP contribution in [0.2, 0.25) is 0 Å². The van der Waals surface area contributed by atoms with Crippen LogP contribution >= 0.6 is 0 Å². The fourth-order valence-corrected chi connectivity index (χ4v) is 5.61. The molecule has 0 radical (unpaired) electrons. The Morgan fingerprint density at radius 3 is 2.47 bits per heavy atom. The molecule has 9 nitrogen and oxygen atoms in total. The molecule has 3 N–H and O–H groups in total. The number of hydrogen-bond donors (Lipinski definition) is 3. The highest BCUT2D eigenvalue weighted by atomic mass is 16.2. The number of likely N-dealkylation sites (tertiary alicyclic amines) is 1. The minimum Gasteiger partial charge on any atom is -0.339 e. The van der Waals surface area contributed by atoms with Crippen LogP contribution < -0.4 is 16.2 Å². The summed E-state index contributed by atoms with van der Waals surface area (Å²) in [5.41, 5.74) is 7.51. The van der Waals surface area contributed by atoms with Crippen molar-refractivity contribution in [1.82, 2.24) is 24.9 Å². The molecule has 2 aromatic heterocycles. The highest BCUT2D eigenvalue weighted by Crippen LogP contribution is 2.42. The van der Waals surface area contributed by atoms with E-state index in [-0.39, 0.29) is 11.8 Å². The van der Waals surface area contributed by atoms with Crippen LogP contribution in [0.15, 0.2) is 36.5 Å². The van der Waals surface area contributed by atoms with E-state index >= 15 is 0 Å². The maximum Gasteiger partial charge on any atom is 0.264 e. The van der Waals surface area contributed by atoms with E-state index in [1.807, 2.05) is 35.2 Å². The Balaban J connectivity index is 1.28. The minimum atomic E-state index is -0.608. The molecule has 3 aromatic rings. The molecule has 176 valence electrons. The number of benzene rings is 1. The molecule has 1 spiro atoms. The zero-order valence-electron chi connectivity index (χ0n) is 19.1. The van der Waals surface area contributed by atoms with Crippen molar-refractivity contribution in [3.8, 4) is 0 Å². The van der Waals surface area contributed by atoms with Crippen molar-refractivity contribution in [2.75, 3.05) is 23.8 Å². The Hall–Kier alpha value is -3.62. The largest absolute Gasteiger partial charge is 0.339 e. The molecule has 0 unspecified atom stereocenters. The van der Waals surface area contributed by atoms with Gasteiger partial charge < -0.3 is 10.2 Å². The van der Waals surface area contributed by atoms with Crippen molar-refractivity contribution in [2.45, 2.75) is 56.9 Å². The first-order valence-corrected chi connectivity index (χ1v) is 12.3. The molecule has 2 aliphatic heterocycles. The standard InChI is InChI=1S/C25H29N7O2/c33-22(31-13-5-2-6-14-31)17-7-9-19(10-8-17)27-24-26-16-18-15-20-29-30-23(34)25(11-3-1-4-12-25)32(20)21(18)28-24/h7-10,15-16,29H,1-6,11-14H2,(H,30,34)(H,26,27,28). The number of aromatic nitrogens is 3. The van der Waals surface area contributed by atoms with Gasteiger partial charge in [-0.3, -0.25) is 25.0 Å². The average Bonchev–Trinajstić information content (AvgIpc) is 3.26. The molecule has 4 heterocycles. The number of nitrogens with one attached hydrogen (secondary N) is 3. The van der Waals surface area contributed by atoms with Crippen molar-refractivity contribution in [2.24, 2.45) is 0 Å². The number of nitrogens with zero attached hydrogens (tertiary/aromatic N) is 4. The molecule has 0 atom stereocenters. The second-order valence-corrected chi connectivity index (χ2v) is 9.56. The molecule has 1 saturated heterocycles. The summed E-state index contributed by atoms with van der Waals surface area (Å²) >= 11 is 0. The summed E-state index contributed by atoms with van der Waals surface area (Å²) in [4.78, 5) is 36.9. The predicted molar refractivity (Wildman–Crippen MR) is 130 cm³/mol. The number of rotatable bonds is 3. The van der Waals surface area contributed by atoms with E-state index in [4.69, 9.17) is 4.98 Å². The second-order valence-electron chi connectivity index (χ2n) is 9.56. The van der Waals surface area contributed by atoms with Crippen LogP contribution in [0.3, 0.4) is 0 Å². The van der Waals surface area contributed by atoms with Gasteiger partial charge in [0.05, 0.1) is 0 Å². The molecule has 2 fully saturated rings. The van der Waals surface area contributed by atoms with Gasteiger partial charge in [0.2, 0.25) is 5.95 Å². The van der Waals surface area contributed by atoms with E-state index < -0.39 is 5.54 Å². The lowest BCUT2D eigenvalue weighted by Gasteiger charge is -2.41. The van der Waals surface area contributed by atoms with Gasteiger partial charge in [0, 0.05) is 35.9 Å². The zero-order chi connectivity index (χ0) is 23.1. The highest BCUT2D eigenvalue weighted by molar-refractivity contribution is 5.95. The Kier molecular flexibility index (Phi) is 5.12. The smallest absolute Gasteiger partial charge is 0.264 e. The van der Waals surface area contributed by atoms with Crippen molar-refractivity contribution in [1.29, 1.82) is 0 Å². The van der Waals surface area contributed by atoms with Gasteiger partial charge in [0.25, 0.3) is 11.8 Å². The number of piperidine rings is 1. The maximum atomic E-state index is 13.0. The topological polar surface area (TPSA) is 104 Å². The van der Waals surface area contributed by atoms with Gasteiger partial charge in [-0.25, -0.2) is 4.98 Å². The fourth-order valence-electron chi connectivity index (χ4n) is 5.61. The van der Waals surface area contributed by atoms with Crippen LogP contribution in [0.25, 0.3) is 11.0 Å². The number of amides is 2. The van der Waals surface area contributed by atoms with Gasteiger partial charge >= 0.3 is 0 Å². The van der Waals surface area contributed by atoms with Gasteiger partial charge in [0.1, 0.15) is 17.0 Å². The Morgan fingerprint density at radius 2 is 1.71 bits per heavy atom. The monoisotopic (exact) mass is 459 g/mol. The summed E-state index contributed by atoms with van der Waals surface area (Å²) < 4.78 is 2.06. The third kappa shape index (κ3) is 3.46. The summed E-state index contributed by atoms with van der Waals surface area (Å²) in [6.07, 6.45) is 9.93. The van der Waals surface area contributed by atoms with E-state index in [0.29, 0.717) is 11.5 Å². The SMILES string of the molecule is O=C(c1ccc(Nc2ncc3cc4n(c3n2)C2(CCCCC2)C(=O)NN4)cc1)N1CCCCC1. The summed E-state index contributed by atoms with van der Waals surface area (Å²) in [6.45, 7) is 1.67. The molecule has 2 amide bonds. The van der Waals surface area contributed by atoms with Crippen LogP contribution in [0.4, 0.5) is 17.5 Å². The van der Waals surface area contributed by atoms with Crippen LogP contribution in [-0.4, -0.2) is 44.3 Å². The molecular formula is C25H29N7O2. The first-order valence-electron chi connectivity index (χ1n) is 12.3. The summed E-state index contributed by atoms with van der Waals surface area (Å²) in [7, 11) is 0. The Morgan fingerprint density at radius 1 is 0.971 bits per heavy atom. The van der Waals surface area contributed by atoms with Crippen molar-refractivity contribution in [3.63, 3.8) is 0 Å². The minimum absolute atomic E-state index is 0.000664. The third-order valence-corrected chi connectivity index (χ3v) is 7.41. The summed E-state index contributed by atoms with van der Waals surface area (Å²) in [5.74, 6) is 1.38. The van der Waals surface area contributed by atoms with Crippen molar-refractivity contribution in [3.05, 3.63) is 42.1 Å². The number of carbonyl (C=O) groups is 2. The maximum absolute atomic E-state index is 13.0. The number of hydrazine groups is 1. The van der Waals surface area contributed by atoms with Gasteiger partial charge in [-0.2, -0.15) is 4.98 Å². The molecule has 9 heteroatoms. The highest BCUT2D eigenvalue weighted by Gasteiger charge is 2.46. The molecule has 34 heavy (non-hydrogen) atoms. The molecule has 1 saturated carbocycles. The first kappa shape index (κ1) is 20.9. The lowest BCUT2D eigenvalue weighted by atomic mass is 9.80. The van der Waals surface area contributed by atoms with Gasteiger partial charge in [-0.15, -0.1) is 0 Å². The number of carbonyl (C=O) groups excluding carboxylic acids is 2. The first-order chi connectivity index (χ1) is 16.6. The van der Waals surface area contributed by atoms with Gasteiger partial charge in [-0.1, -0.05) is 19.3 Å². The van der Waals surface area contributed by atoms with Gasteiger partial charge in [-0.05, 0) is 62.4 Å². The third-order valence-electron chi connectivity index (χ3n) is 7.41. The second kappa shape index (κ2) is 8.30. The molecule has 3 aliphatic rings.